The summed E-state index contributed by atoms with van der Waals surface area (Å²) >= 11 is 0. The van der Waals surface area contributed by atoms with E-state index in [1.807, 2.05) is 0 Å². The van der Waals surface area contributed by atoms with Gasteiger partial charge in [-0.3, -0.25) is 9.59 Å². The first-order valence-electron chi connectivity index (χ1n) is 9.64. The van der Waals surface area contributed by atoms with Crippen molar-refractivity contribution in [2.75, 3.05) is 13.7 Å². The van der Waals surface area contributed by atoms with Gasteiger partial charge >= 0.3 is 5.97 Å². The van der Waals surface area contributed by atoms with Crippen molar-refractivity contribution in [3.63, 3.8) is 0 Å². The number of Topliss-reactive ketones (excluding diaryl/α,β-unsaturated/α-hetero) is 2. The van der Waals surface area contributed by atoms with E-state index in [4.69, 9.17) is 9.47 Å². The SMILES string of the molecule is CCOC(=O)C1=C(O)CC2C(=O)c3ccccc3C(=O)C2=C1c1ccccc1OC. The number of aliphatic hydroxyl groups is 1. The van der Waals surface area contributed by atoms with Gasteiger partial charge in [-0.2, -0.15) is 0 Å². The Morgan fingerprint density at radius 2 is 1.67 bits per heavy atom. The van der Waals surface area contributed by atoms with Gasteiger partial charge in [0, 0.05) is 34.3 Å². The lowest BCUT2D eigenvalue weighted by molar-refractivity contribution is -0.138. The van der Waals surface area contributed by atoms with E-state index in [2.05, 4.69) is 0 Å². The second-order valence-corrected chi connectivity index (χ2v) is 7.03. The van der Waals surface area contributed by atoms with Gasteiger partial charge < -0.3 is 14.6 Å². The van der Waals surface area contributed by atoms with Gasteiger partial charge in [0.05, 0.1) is 19.6 Å². The minimum absolute atomic E-state index is 0.100. The molecule has 0 saturated heterocycles. The Morgan fingerprint density at radius 3 is 2.33 bits per heavy atom. The Labute approximate surface area is 173 Å². The molecular weight excluding hydrogens is 384 g/mol. The zero-order chi connectivity index (χ0) is 21.4. The Hall–Kier alpha value is -3.67. The number of allylic oxidation sites excluding steroid dienone is 2. The second kappa shape index (κ2) is 7.63. The molecule has 1 atom stereocenters. The number of para-hydroxylation sites is 1. The summed E-state index contributed by atoms with van der Waals surface area (Å²) in [7, 11) is 1.47. The van der Waals surface area contributed by atoms with Crippen molar-refractivity contribution < 1.29 is 29.0 Å². The molecule has 2 aromatic rings. The number of ether oxygens (including phenoxy) is 2. The lowest BCUT2D eigenvalue weighted by Gasteiger charge is -2.32. The monoisotopic (exact) mass is 404 g/mol. The zero-order valence-corrected chi connectivity index (χ0v) is 16.6. The third-order valence-corrected chi connectivity index (χ3v) is 5.41. The minimum Gasteiger partial charge on any atom is -0.511 e. The number of benzene rings is 2. The lowest BCUT2D eigenvalue weighted by atomic mass is 9.69. The Kier molecular flexibility index (Phi) is 4.99. The number of carbonyl (C=O) groups excluding carboxylic acids is 3. The van der Waals surface area contributed by atoms with E-state index in [0.717, 1.165) is 0 Å². The third kappa shape index (κ3) is 2.92. The van der Waals surface area contributed by atoms with Crippen LogP contribution in [0.5, 0.6) is 5.75 Å². The molecule has 0 saturated carbocycles. The van der Waals surface area contributed by atoms with Crippen molar-refractivity contribution in [1.29, 1.82) is 0 Å². The number of esters is 1. The third-order valence-electron chi connectivity index (χ3n) is 5.41. The number of fused-ring (bicyclic) bond motifs is 2. The predicted molar refractivity (Wildman–Crippen MR) is 109 cm³/mol. The minimum atomic E-state index is -0.884. The van der Waals surface area contributed by atoms with Gasteiger partial charge in [-0.1, -0.05) is 42.5 Å². The average molecular weight is 404 g/mol. The summed E-state index contributed by atoms with van der Waals surface area (Å²) in [5.41, 5.74) is 1.31. The van der Waals surface area contributed by atoms with Gasteiger partial charge in [0.1, 0.15) is 17.1 Å². The van der Waals surface area contributed by atoms with Crippen LogP contribution < -0.4 is 4.74 Å². The maximum absolute atomic E-state index is 13.5. The molecule has 2 aromatic carbocycles. The largest absolute Gasteiger partial charge is 0.511 e. The Bertz CT molecular complexity index is 1140. The van der Waals surface area contributed by atoms with Crippen molar-refractivity contribution >= 4 is 23.1 Å². The maximum Gasteiger partial charge on any atom is 0.342 e. The van der Waals surface area contributed by atoms with Crippen LogP contribution >= 0.6 is 0 Å². The normalized spacial score (nSPS) is 18.1. The van der Waals surface area contributed by atoms with Crippen LogP contribution in [0.25, 0.3) is 5.57 Å². The molecule has 0 amide bonds. The molecule has 2 aliphatic rings. The van der Waals surface area contributed by atoms with E-state index in [-0.39, 0.29) is 52.6 Å². The molecule has 30 heavy (non-hydrogen) atoms. The van der Waals surface area contributed by atoms with Crippen molar-refractivity contribution in [3.8, 4) is 5.75 Å². The summed E-state index contributed by atoms with van der Waals surface area (Å²) in [6, 6.07) is 13.5. The topological polar surface area (TPSA) is 89.9 Å². The Morgan fingerprint density at radius 1 is 1.03 bits per heavy atom. The van der Waals surface area contributed by atoms with Crippen LogP contribution in [0.4, 0.5) is 0 Å². The van der Waals surface area contributed by atoms with Gasteiger partial charge in [-0.15, -0.1) is 0 Å². The number of hydrogen-bond acceptors (Lipinski definition) is 6. The highest BCUT2D eigenvalue weighted by Gasteiger charge is 2.45. The summed E-state index contributed by atoms with van der Waals surface area (Å²) in [5.74, 6) is -2.10. The summed E-state index contributed by atoms with van der Waals surface area (Å²) in [6.45, 7) is 1.76. The number of ketones is 2. The molecule has 2 aliphatic carbocycles. The molecule has 1 N–H and O–H groups in total. The van der Waals surface area contributed by atoms with E-state index in [0.29, 0.717) is 16.9 Å². The van der Waals surface area contributed by atoms with E-state index in [1.165, 1.54) is 7.11 Å². The first-order valence-corrected chi connectivity index (χ1v) is 9.64. The van der Waals surface area contributed by atoms with Crippen LogP contribution in [0.15, 0.2) is 65.4 Å². The Balaban J connectivity index is 2.07. The molecule has 4 rings (SSSR count). The molecule has 0 radical (unpaired) electrons. The summed E-state index contributed by atoms with van der Waals surface area (Å²) in [6.07, 6.45) is -0.138. The number of aliphatic hydroxyl groups excluding tert-OH is 1. The molecule has 0 aromatic heterocycles. The van der Waals surface area contributed by atoms with Crippen LogP contribution in [-0.2, 0) is 9.53 Å². The van der Waals surface area contributed by atoms with E-state index >= 15 is 0 Å². The molecule has 1 unspecified atom stereocenters. The van der Waals surface area contributed by atoms with Crippen LogP contribution in [0.2, 0.25) is 0 Å². The summed E-state index contributed by atoms with van der Waals surface area (Å²) in [4.78, 5) is 39.5. The van der Waals surface area contributed by atoms with E-state index in [9.17, 15) is 19.5 Å². The fraction of sp³-hybridized carbons (Fsp3) is 0.208. The molecule has 152 valence electrons. The summed E-state index contributed by atoms with van der Waals surface area (Å²) in [5, 5.41) is 10.8. The van der Waals surface area contributed by atoms with Crippen molar-refractivity contribution in [2.24, 2.45) is 5.92 Å². The first kappa shape index (κ1) is 19.6. The zero-order valence-electron chi connectivity index (χ0n) is 16.6. The fourth-order valence-electron chi connectivity index (χ4n) is 4.13. The van der Waals surface area contributed by atoms with E-state index < -0.39 is 11.9 Å². The quantitative estimate of drug-likeness (QED) is 0.777. The second-order valence-electron chi connectivity index (χ2n) is 7.03. The highest BCUT2D eigenvalue weighted by Crippen LogP contribution is 2.47. The smallest absolute Gasteiger partial charge is 0.342 e. The van der Waals surface area contributed by atoms with Gasteiger partial charge in [0.25, 0.3) is 0 Å². The summed E-state index contributed by atoms with van der Waals surface area (Å²) < 4.78 is 10.6. The standard InChI is InChI=1S/C24H20O6/c1-3-30-24(28)21-17(25)12-16-20(19(21)15-10-6-7-11-18(15)29-2)23(27)14-9-5-4-8-13(14)22(16)26/h4-11,16,25H,3,12H2,1-2H3. The van der Waals surface area contributed by atoms with Crippen molar-refractivity contribution in [3.05, 3.63) is 82.1 Å². The number of rotatable bonds is 4. The maximum atomic E-state index is 13.5. The highest BCUT2D eigenvalue weighted by molar-refractivity contribution is 6.29. The van der Waals surface area contributed by atoms with Crippen LogP contribution in [0.3, 0.4) is 0 Å². The number of methoxy groups -OCH3 is 1. The molecular formula is C24H20O6. The molecule has 0 fully saturated rings. The molecule has 6 heteroatoms. The molecule has 0 aliphatic heterocycles. The first-order chi connectivity index (χ1) is 14.5. The number of hydrogen-bond donors (Lipinski definition) is 1. The van der Waals surface area contributed by atoms with E-state index in [1.54, 1.807) is 55.5 Å². The lowest BCUT2D eigenvalue weighted by Crippen LogP contribution is -2.34. The van der Waals surface area contributed by atoms with Crippen LogP contribution in [-0.4, -0.2) is 36.4 Å². The molecule has 0 bridgehead atoms. The van der Waals surface area contributed by atoms with Gasteiger partial charge in [-0.25, -0.2) is 4.79 Å². The average Bonchev–Trinajstić information content (AvgIpc) is 2.76. The molecule has 0 heterocycles. The van der Waals surface area contributed by atoms with Gasteiger partial charge in [0.2, 0.25) is 0 Å². The van der Waals surface area contributed by atoms with Gasteiger partial charge in [0.15, 0.2) is 11.6 Å². The van der Waals surface area contributed by atoms with Crippen molar-refractivity contribution in [1.82, 2.24) is 0 Å². The van der Waals surface area contributed by atoms with Crippen LogP contribution in [0.1, 0.15) is 39.6 Å². The highest BCUT2D eigenvalue weighted by atomic mass is 16.5. The van der Waals surface area contributed by atoms with Gasteiger partial charge in [-0.05, 0) is 13.0 Å². The molecule has 6 nitrogen and oxygen atoms in total. The van der Waals surface area contributed by atoms with Crippen LogP contribution in [0, 0.1) is 5.92 Å². The van der Waals surface area contributed by atoms with Crippen molar-refractivity contribution in [2.45, 2.75) is 13.3 Å². The number of carbonyl (C=O) groups is 3. The molecule has 0 spiro atoms. The fourth-order valence-corrected chi connectivity index (χ4v) is 4.13. The predicted octanol–water partition coefficient (Wildman–Crippen LogP) is 3.92.